The van der Waals surface area contributed by atoms with Crippen molar-refractivity contribution >= 4 is 40.5 Å². The van der Waals surface area contributed by atoms with Gasteiger partial charge in [0, 0.05) is 23.8 Å². The summed E-state index contributed by atoms with van der Waals surface area (Å²) in [5, 5.41) is 13.5. The van der Waals surface area contributed by atoms with Gasteiger partial charge >= 0.3 is 5.97 Å². The number of benzene rings is 2. The Labute approximate surface area is 182 Å². The van der Waals surface area contributed by atoms with Crippen LogP contribution in [-0.2, 0) is 0 Å². The van der Waals surface area contributed by atoms with Crippen LogP contribution in [0.4, 0.5) is 11.4 Å². The molecule has 2 aromatic carbocycles. The maximum atomic E-state index is 11.5. The fourth-order valence-electron chi connectivity index (χ4n) is 3.98. The van der Waals surface area contributed by atoms with Crippen LogP contribution in [0, 0.1) is 5.92 Å². The monoisotopic (exact) mass is 434 g/mol. The van der Waals surface area contributed by atoms with Gasteiger partial charge < -0.3 is 15.3 Å². The van der Waals surface area contributed by atoms with E-state index in [1.807, 2.05) is 0 Å². The summed E-state index contributed by atoms with van der Waals surface area (Å²) < 4.78 is 0. The largest absolute Gasteiger partial charge is 0.478 e. The molecule has 2 N–H and O–H groups in total. The summed E-state index contributed by atoms with van der Waals surface area (Å²) in [5.74, 6) is -0.645. The lowest BCUT2D eigenvalue weighted by Gasteiger charge is -2.33. The number of para-hydroxylation sites is 1. The number of carbonyl (C=O) groups is 1. The number of rotatable bonds is 7. The second kappa shape index (κ2) is 9.73. The van der Waals surface area contributed by atoms with E-state index in [1.165, 1.54) is 36.6 Å². The molecule has 1 aliphatic heterocycles. The highest BCUT2D eigenvalue weighted by atomic mass is 35.5. The second-order valence-corrected chi connectivity index (χ2v) is 8.87. The Morgan fingerprint density at radius 3 is 2.48 bits per heavy atom. The van der Waals surface area contributed by atoms with E-state index < -0.39 is 5.97 Å². The van der Waals surface area contributed by atoms with E-state index in [0.717, 1.165) is 19.5 Å². The van der Waals surface area contributed by atoms with Crippen LogP contribution in [0.1, 0.15) is 61.5 Å². The lowest BCUT2D eigenvalue weighted by molar-refractivity contribution is 0.0697. The zero-order valence-electron chi connectivity index (χ0n) is 16.9. The van der Waals surface area contributed by atoms with Gasteiger partial charge in [0.15, 0.2) is 0 Å². The minimum Gasteiger partial charge on any atom is -0.478 e. The van der Waals surface area contributed by atoms with Crippen LogP contribution in [0.2, 0.25) is 10.0 Å². The van der Waals surface area contributed by atoms with Gasteiger partial charge in [-0.1, -0.05) is 55.2 Å². The maximum Gasteiger partial charge on any atom is 0.337 e. The lowest BCUT2D eigenvalue weighted by atomic mass is 9.94. The third-order valence-electron chi connectivity index (χ3n) is 5.31. The zero-order valence-corrected chi connectivity index (χ0v) is 18.4. The molecule has 0 aromatic heterocycles. The van der Waals surface area contributed by atoms with Crippen molar-refractivity contribution in [3.05, 3.63) is 57.6 Å². The van der Waals surface area contributed by atoms with Crippen molar-refractivity contribution < 1.29 is 9.90 Å². The minimum atomic E-state index is -1.09. The molecule has 0 bridgehead atoms. The molecular weight excluding hydrogens is 407 g/mol. The number of nitrogens with zero attached hydrogens (tertiary/aromatic N) is 1. The molecule has 1 atom stereocenters. The van der Waals surface area contributed by atoms with Crippen molar-refractivity contribution in [1.82, 2.24) is 0 Å². The SMILES string of the molecule is CC(C)C[C@H](Nc1cc(Cl)cc(C(=O)O)c1Cl)c1ccccc1N1CCCCC1. The van der Waals surface area contributed by atoms with Gasteiger partial charge in [0.05, 0.1) is 22.3 Å². The number of carboxylic acid groups (broad SMARTS) is 1. The summed E-state index contributed by atoms with van der Waals surface area (Å²) in [4.78, 5) is 14.0. The molecule has 2 aromatic rings. The van der Waals surface area contributed by atoms with Crippen LogP contribution < -0.4 is 10.2 Å². The first kappa shape index (κ1) is 21.8. The van der Waals surface area contributed by atoms with Crippen LogP contribution in [0.5, 0.6) is 0 Å². The van der Waals surface area contributed by atoms with Crippen molar-refractivity contribution in [2.24, 2.45) is 5.92 Å². The predicted octanol–water partition coefficient (Wildman–Crippen LogP) is 6.88. The topological polar surface area (TPSA) is 52.6 Å². The molecular formula is C23H28Cl2N2O2. The van der Waals surface area contributed by atoms with E-state index in [0.29, 0.717) is 16.6 Å². The quantitative estimate of drug-likeness (QED) is 0.498. The predicted molar refractivity (Wildman–Crippen MR) is 122 cm³/mol. The molecule has 0 radical (unpaired) electrons. The van der Waals surface area contributed by atoms with E-state index in [1.54, 1.807) is 6.07 Å². The summed E-state index contributed by atoms with van der Waals surface area (Å²) in [6.45, 7) is 6.49. The number of aromatic carboxylic acids is 1. The standard InChI is InChI=1S/C23H28Cl2N2O2/c1-15(2)12-19(26-20-14-16(24)13-18(22(20)25)23(28)29)17-8-4-5-9-21(17)27-10-6-3-7-11-27/h4-5,8-9,13-15,19,26H,3,6-7,10-12H2,1-2H3,(H,28,29)/t19-/m0/s1. The van der Waals surface area contributed by atoms with E-state index in [-0.39, 0.29) is 16.6 Å². The smallest absolute Gasteiger partial charge is 0.337 e. The second-order valence-electron chi connectivity index (χ2n) is 8.05. The van der Waals surface area contributed by atoms with Crippen molar-refractivity contribution in [1.29, 1.82) is 0 Å². The molecule has 6 heteroatoms. The van der Waals surface area contributed by atoms with E-state index in [9.17, 15) is 9.90 Å². The molecule has 1 saturated heterocycles. The maximum absolute atomic E-state index is 11.5. The van der Waals surface area contributed by atoms with Crippen LogP contribution in [0.15, 0.2) is 36.4 Å². The first-order valence-corrected chi connectivity index (χ1v) is 10.9. The number of anilines is 2. The van der Waals surface area contributed by atoms with Crippen LogP contribution in [0.25, 0.3) is 0 Å². The first-order chi connectivity index (χ1) is 13.9. The summed E-state index contributed by atoms with van der Waals surface area (Å²) in [6, 6.07) is 11.5. The highest BCUT2D eigenvalue weighted by Gasteiger charge is 2.23. The van der Waals surface area contributed by atoms with E-state index in [4.69, 9.17) is 23.2 Å². The summed E-state index contributed by atoms with van der Waals surface area (Å²) in [5.41, 5.74) is 3.00. The number of hydrogen-bond donors (Lipinski definition) is 2. The van der Waals surface area contributed by atoms with Gasteiger partial charge in [0.2, 0.25) is 0 Å². The normalized spacial score (nSPS) is 15.4. The number of halogens is 2. The molecule has 0 unspecified atom stereocenters. The first-order valence-electron chi connectivity index (χ1n) is 10.2. The minimum absolute atomic E-state index is 0.00858. The van der Waals surface area contributed by atoms with E-state index in [2.05, 4.69) is 48.3 Å². The van der Waals surface area contributed by atoms with Gasteiger partial charge in [-0.25, -0.2) is 4.79 Å². The molecule has 29 heavy (non-hydrogen) atoms. The molecule has 1 fully saturated rings. The highest BCUT2D eigenvalue weighted by Crippen LogP contribution is 2.38. The van der Waals surface area contributed by atoms with Crippen molar-refractivity contribution in [2.45, 2.75) is 45.6 Å². The van der Waals surface area contributed by atoms with Crippen LogP contribution in [0.3, 0.4) is 0 Å². The molecule has 3 rings (SSSR count). The van der Waals surface area contributed by atoms with Gasteiger partial charge in [0.25, 0.3) is 0 Å². The lowest BCUT2D eigenvalue weighted by Crippen LogP contribution is -2.31. The fraction of sp³-hybridized carbons (Fsp3) is 0.435. The average Bonchev–Trinajstić information content (AvgIpc) is 2.70. The summed E-state index contributed by atoms with van der Waals surface area (Å²) in [6.07, 6.45) is 4.58. The molecule has 0 amide bonds. The number of hydrogen-bond acceptors (Lipinski definition) is 3. The molecule has 4 nitrogen and oxygen atoms in total. The molecule has 0 spiro atoms. The van der Waals surface area contributed by atoms with Crippen molar-refractivity contribution in [2.75, 3.05) is 23.3 Å². The molecule has 1 heterocycles. The summed E-state index contributed by atoms with van der Waals surface area (Å²) in [7, 11) is 0. The number of piperidine rings is 1. The van der Waals surface area contributed by atoms with Crippen molar-refractivity contribution in [3.8, 4) is 0 Å². The Kier molecular flexibility index (Phi) is 7.31. The third-order valence-corrected chi connectivity index (χ3v) is 5.94. The van der Waals surface area contributed by atoms with E-state index >= 15 is 0 Å². The number of carboxylic acids is 1. The average molecular weight is 435 g/mol. The zero-order chi connectivity index (χ0) is 21.0. The van der Waals surface area contributed by atoms with Gasteiger partial charge in [-0.3, -0.25) is 0 Å². The Morgan fingerprint density at radius 2 is 1.83 bits per heavy atom. The fourth-order valence-corrected chi connectivity index (χ4v) is 4.44. The Balaban J connectivity index is 2.00. The molecule has 0 aliphatic carbocycles. The molecule has 156 valence electrons. The van der Waals surface area contributed by atoms with Crippen LogP contribution >= 0.6 is 23.2 Å². The van der Waals surface area contributed by atoms with Crippen molar-refractivity contribution in [3.63, 3.8) is 0 Å². The van der Waals surface area contributed by atoms with Gasteiger partial charge in [-0.15, -0.1) is 0 Å². The van der Waals surface area contributed by atoms with Crippen LogP contribution in [-0.4, -0.2) is 24.2 Å². The third kappa shape index (κ3) is 5.37. The summed E-state index contributed by atoms with van der Waals surface area (Å²) >= 11 is 12.6. The van der Waals surface area contributed by atoms with Gasteiger partial charge in [-0.2, -0.15) is 0 Å². The number of nitrogens with one attached hydrogen (secondary N) is 1. The Hall–Kier alpha value is -1.91. The van der Waals surface area contributed by atoms with Gasteiger partial charge in [0.1, 0.15) is 0 Å². The molecule has 0 saturated carbocycles. The molecule has 1 aliphatic rings. The Morgan fingerprint density at radius 1 is 1.14 bits per heavy atom. The van der Waals surface area contributed by atoms with Gasteiger partial charge in [-0.05, 0) is 55.4 Å². The Bertz CT molecular complexity index is 864. The highest BCUT2D eigenvalue weighted by molar-refractivity contribution is 6.38.